The van der Waals surface area contributed by atoms with Gasteiger partial charge >= 0.3 is 5.97 Å². The first-order valence-electron chi connectivity index (χ1n) is 12.3. The second-order valence-corrected chi connectivity index (χ2v) is 11.5. The zero-order valence-corrected chi connectivity index (χ0v) is 24.2. The van der Waals surface area contributed by atoms with E-state index in [4.69, 9.17) is 23.2 Å². The summed E-state index contributed by atoms with van der Waals surface area (Å²) in [5.41, 5.74) is 2.22. The van der Waals surface area contributed by atoms with E-state index in [1.54, 1.807) is 11.0 Å². The van der Waals surface area contributed by atoms with Crippen molar-refractivity contribution < 1.29 is 19.5 Å². The Bertz CT molecular complexity index is 1370. The van der Waals surface area contributed by atoms with Crippen molar-refractivity contribution in [3.05, 3.63) is 75.2 Å². The Kier molecular flexibility index (Phi) is 10.1. The van der Waals surface area contributed by atoms with Crippen LogP contribution in [0.3, 0.4) is 0 Å². The Labute approximate surface area is 245 Å². The number of piperidine rings is 1. The van der Waals surface area contributed by atoms with Crippen molar-refractivity contribution in [1.29, 1.82) is 0 Å². The van der Waals surface area contributed by atoms with Gasteiger partial charge in [0.1, 0.15) is 11.0 Å². The highest BCUT2D eigenvalue weighted by Gasteiger charge is 2.30. The lowest BCUT2D eigenvalue weighted by Crippen LogP contribution is -2.48. The molecule has 2 N–H and O–H groups in total. The van der Waals surface area contributed by atoms with Crippen molar-refractivity contribution in [1.82, 2.24) is 15.2 Å². The smallest absolute Gasteiger partial charge is 0.326 e. The molecular weight excluding hydrogens is 577 g/mol. The van der Waals surface area contributed by atoms with E-state index in [1.807, 2.05) is 54.1 Å². The molecule has 39 heavy (non-hydrogen) atoms. The minimum atomic E-state index is -1.11. The molecule has 1 aliphatic heterocycles. The SMILES string of the molecule is CSc1ccc(/C=C/C(=O)N2CCC(C(=O)N[C@@H](Cc3csc(-c4ccccc4)n3)C(=O)O)CC2)c(Cl)c1Cl. The van der Waals surface area contributed by atoms with Crippen LogP contribution in [0.5, 0.6) is 0 Å². The van der Waals surface area contributed by atoms with E-state index in [9.17, 15) is 19.5 Å². The van der Waals surface area contributed by atoms with E-state index < -0.39 is 12.0 Å². The van der Waals surface area contributed by atoms with Crippen LogP contribution in [0.2, 0.25) is 10.0 Å². The van der Waals surface area contributed by atoms with Crippen LogP contribution in [-0.4, -0.2) is 58.2 Å². The van der Waals surface area contributed by atoms with Gasteiger partial charge < -0.3 is 15.3 Å². The molecule has 0 saturated carbocycles. The van der Waals surface area contributed by atoms with Gasteiger partial charge in [-0.2, -0.15) is 0 Å². The molecule has 1 atom stereocenters. The maximum atomic E-state index is 12.9. The fourth-order valence-corrected chi connectivity index (χ4v) is 6.29. The van der Waals surface area contributed by atoms with Gasteiger partial charge in [0.05, 0.1) is 15.7 Å². The number of carboxylic acids is 1. The number of rotatable bonds is 9. The van der Waals surface area contributed by atoms with E-state index in [2.05, 4.69) is 10.3 Å². The summed E-state index contributed by atoms with van der Waals surface area (Å²) in [5.74, 6) is -1.99. The number of carbonyl (C=O) groups excluding carboxylic acids is 2. The average molecular weight is 605 g/mol. The molecule has 0 spiro atoms. The maximum absolute atomic E-state index is 12.9. The third-order valence-corrected chi connectivity index (χ3v) is 9.21. The van der Waals surface area contributed by atoms with E-state index in [-0.39, 0.29) is 24.2 Å². The molecule has 4 rings (SSSR count). The summed E-state index contributed by atoms with van der Waals surface area (Å²) in [6, 6.07) is 12.2. The van der Waals surface area contributed by atoms with Gasteiger partial charge in [0, 0.05) is 47.3 Å². The molecule has 1 fully saturated rings. The Balaban J connectivity index is 1.30. The summed E-state index contributed by atoms with van der Waals surface area (Å²) in [5, 5.41) is 15.9. The molecule has 1 aliphatic rings. The fraction of sp³-hybridized carbons (Fsp3) is 0.286. The molecule has 2 aromatic carbocycles. The second-order valence-electron chi connectivity index (χ2n) is 9.03. The molecule has 0 unspecified atom stereocenters. The van der Waals surface area contributed by atoms with Crippen molar-refractivity contribution in [2.24, 2.45) is 5.92 Å². The van der Waals surface area contributed by atoms with Gasteiger partial charge in [-0.1, -0.05) is 59.6 Å². The van der Waals surface area contributed by atoms with Crippen LogP contribution in [-0.2, 0) is 20.8 Å². The summed E-state index contributed by atoms with van der Waals surface area (Å²) in [6.07, 6.45) is 5.98. The van der Waals surface area contributed by atoms with Gasteiger partial charge in [-0.15, -0.1) is 23.1 Å². The Morgan fingerprint density at radius 2 is 1.87 bits per heavy atom. The lowest BCUT2D eigenvalue weighted by atomic mass is 9.95. The van der Waals surface area contributed by atoms with Crippen LogP contribution < -0.4 is 5.32 Å². The minimum Gasteiger partial charge on any atom is -0.480 e. The topological polar surface area (TPSA) is 99.6 Å². The average Bonchev–Trinajstić information content (AvgIpc) is 3.42. The summed E-state index contributed by atoms with van der Waals surface area (Å²) >= 11 is 15.5. The lowest BCUT2D eigenvalue weighted by molar-refractivity contribution is -0.142. The number of nitrogens with one attached hydrogen (secondary N) is 1. The number of amides is 2. The number of nitrogens with zero attached hydrogens (tertiary/aromatic N) is 2. The number of halogens is 2. The zero-order valence-electron chi connectivity index (χ0n) is 21.1. The largest absolute Gasteiger partial charge is 0.480 e. The number of carbonyl (C=O) groups is 3. The molecule has 1 aromatic heterocycles. The minimum absolute atomic E-state index is 0.0943. The van der Waals surface area contributed by atoms with Gasteiger partial charge in [0.2, 0.25) is 11.8 Å². The first kappa shape index (κ1) is 29.1. The monoisotopic (exact) mass is 603 g/mol. The first-order valence-corrected chi connectivity index (χ1v) is 15.1. The van der Waals surface area contributed by atoms with Gasteiger partial charge in [0.15, 0.2) is 0 Å². The molecular formula is C28H27Cl2N3O4S2. The predicted molar refractivity (Wildman–Crippen MR) is 157 cm³/mol. The quantitative estimate of drug-likeness (QED) is 0.233. The van der Waals surface area contributed by atoms with Crippen molar-refractivity contribution >= 4 is 70.2 Å². The molecule has 7 nitrogen and oxygen atoms in total. The van der Waals surface area contributed by atoms with Crippen LogP contribution in [0, 0.1) is 5.92 Å². The summed E-state index contributed by atoms with van der Waals surface area (Å²) < 4.78 is 0. The summed E-state index contributed by atoms with van der Waals surface area (Å²) in [7, 11) is 0. The van der Waals surface area contributed by atoms with E-state index in [1.165, 1.54) is 29.2 Å². The number of benzene rings is 2. The predicted octanol–water partition coefficient (Wildman–Crippen LogP) is 5.90. The van der Waals surface area contributed by atoms with Crippen molar-refractivity contribution in [2.45, 2.75) is 30.2 Å². The third-order valence-electron chi connectivity index (χ3n) is 6.48. The molecule has 11 heteroatoms. The molecule has 3 aromatic rings. The number of hydrogen-bond acceptors (Lipinski definition) is 6. The summed E-state index contributed by atoms with van der Waals surface area (Å²) in [4.78, 5) is 44.6. The van der Waals surface area contributed by atoms with Crippen molar-refractivity contribution in [3.63, 3.8) is 0 Å². The van der Waals surface area contributed by atoms with Crippen LogP contribution in [0.15, 0.2) is 58.8 Å². The van der Waals surface area contributed by atoms with Crippen LogP contribution in [0.4, 0.5) is 0 Å². The van der Waals surface area contributed by atoms with E-state index >= 15 is 0 Å². The molecule has 2 heterocycles. The highest BCUT2D eigenvalue weighted by atomic mass is 35.5. The van der Waals surface area contributed by atoms with Gasteiger partial charge in [-0.3, -0.25) is 9.59 Å². The molecule has 2 amide bonds. The number of thiazole rings is 1. The van der Waals surface area contributed by atoms with Crippen LogP contribution in [0.1, 0.15) is 24.1 Å². The molecule has 1 saturated heterocycles. The first-order chi connectivity index (χ1) is 18.8. The highest BCUT2D eigenvalue weighted by Crippen LogP contribution is 2.35. The Hall–Kier alpha value is -2.85. The number of aromatic nitrogens is 1. The molecule has 0 radical (unpaired) electrons. The number of likely N-dealkylation sites (tertiary alicyclic amines) is 1. The number of aliphatic carboxylic acids is 1. The van der Waals surface area contributed by atoms with Gasteiger partial charge in [-0.25, -0.2) is 9.78 Å². The maximum Gasteiger partial charge on any atom is 0.326 e. The normalized spacial score (nSPS) is 14.9. The molecule has 0 bridgehead atoms. The Morgan fingerprint density at radius 3 is 2.54 bits per heavy atom. The Morgan fingerprint density at radius 1 is 1.15 bits per heavy atom. The van der Waals surface area contributed by atoms with E-state index in [0.717, 1.165) is 15.5 Å². The van der Waals surface area contributed by atoms with Crippen LogP contribution >= 0.6 is 46.3 Å². The molecule has 204 valence electrons. The standard InChI is InChI=1S/C28H27Cl2N3O4S2/c1-38-22-9-7-17(24(29)25(22)30)8-10-23(34)33-13-11-18(12-14-33)26(35)32-21(28(36)37)15-20-16-39-27(31-20)19-5-3-2-4-6-19/h2-10,16,18,21H,11-15H2,1H3,(H,32,35)(H,36,37)/b10-8+/t21-/m0/s1. The van der Waals surface area contributed by atoms with Crippen molar-refractivity contribution in [2.75, 3.05) is 19.3 Å². The lowest BCUT2D eigenvalue weighted by Gasteiger charge is -2.31. The number of hydrogen-bond donors (Lipinski definition) is 2. The van der Waals surface area contributed by atoms with Gasteiger partial charge in [0.25, 0.3) is 0 Å². The molecule has 0 aliphatic carbocycles. The van der Waals surface area contributed by atoms with E-state index in [0.29, 0.717) is 47.2 Å². The summed E-state index contributed by atoms with van der Waals surface area (Å²) in [6.45, 7) is 0.789. The zero-order chi connectivity index (χ0) is 27.9. The fourth-order valence-electron chi connectivity index (χ4n) is 4.27. The highest BCUT2D eigenvalue weighted by molar-refractivity contribution is 7.98. The van der Waals surface area contributed by atoms with Crippen molar-refractivity contribution in [3.8, 4) is 10.6 Å². The number of carboxylic acid groups (broad SMARTS) is 1. The third kappa shape index (κ3) is 7.42. The van der Waals surface area contributed by atoms with Crippen LogP contribution in [0.25, 0.3) is 16.6 Å². The number of thioether (sulfide) groups is 1. The second kappa shape index (κ2) is 13.5. The van der Waals surface area contributed by atoms with Gasteiger partial charge in [-0.05, 0) is 36.8 Å².